The van der Waals surface area contributed by atoms with Gasteiger partial charge in [0.15, 0.2) is 0 Å². The van der Waals surface area contributed by atoms with E-state index in [1.54, 1.807) is 23.1 Å². The molecule has 166 valence electrons. The van der Waals surface area contributed by atoms with E-state index in [9.17, 15) is 13.2 Å². The second kappa shape index (κ2) is 10.8. The van der Waals surface area contributed by atoms with Gasteiger partial charge in [-0.2, -0.15) is 0 Å². The van der Waals surface area contributed by atoms with Gasteiger partial charge in [0.05, 0.1) is 10.5 Å². The minimum atomic E-state index is -3.60. The second-order valence-electron chi connectivity index (χ2n) is 7.67. The standard InChI is InChI=1S/C19H30N4O3S.2ClH/c1-21(2)27(25,26)16-8-9-18(22-10-4-3-5-11-22)17(13-16)19(24)23-12-6-7-15(20)14-23;;/h8-9,13,15H,3-7,10-12,14,20H2,1-2H3;2*1H. The molecule has 1 atom stereocenters. The van der Waals surface area contributed by atoms with Gasteiger partial charge in [-0.3, -0.25) is 4.79 Å². The maximum Gasteiger partial charge on any atom is 0.256 e. The van der Waals surface area contributed by atoms with Crippen LogP contribution in [0.5, 0.6) is 0 Å². The van der Waals surface area contributed by atoms with Crippen LogP contribution in [-0.4, -0.2) is 69.8 Å². The molecule has 1 unspecified atom stereocenters. The summed E-state index contributed by atoms with van der Waals surface area (Å²) in [5, 5.41) is 0. The Morgan fingerprint density at radius 3 is 2.31 bits per heavy atom. The molecule has 2 aliphatic rings. The fourth-order valence-corrected chi connectivity index (χ4v) is 4.76. The van der Waals surface area contributed by atoms with Crippen LogP contribution < -0.4 is 10.6 Å². The molecule has 0 aromatic heterocycles. The van der Waals surface area contributed by atoms with Crippen LogP contribution in [0, 0.1) is 0 Å². The third kappa shape index (κ3) is 5.76. The van der Waals surface area contributed by atoms with Crippen LogP contribution in [-0.2, 0) is 10.0 Å². The van der Waals surface area contributed by atoms with Crippen LogP contribution in [0.2, 0.25) is 0 Å². The zero-order valence-corrected chi connectivity index (χ0v) is 19.5. The maximum atomic E-state index is 13.3. The van der Waals surface area contributed by atoms with E-state index in [4.69, 9.17) is 5.73 Å². The normalized spacial score (nSPS) is 20.1. The second-order valence-corrected chi connectivity index (χ2v) is 9.82. The Balaban J connectivity index is 0.00000210. The highest BCUT2D eigenvalue weighted by molar-refractivity contribution is 7.89. The Bertz CT molecular complexity index is 799. The fourth-order valence-electron chi connectivity index (χ4n) is 3.83. The van der Waals surface area contributed by atoms with E-state index < -0.39 is 10.0 Å². The Morgan fingerprint density at radius 1 is 1.07 bits per heavy atom. The number of nitrogens with two attached hydrogens (primary N) is 1. The number of amides is 1. The largest absolute Gasteiger partial charge is 0.371 e. The Labute approximate surface area is 186 Å². The first kappa shape index (κ1) is 26.0. The third-order valence-electron chi connectivity index (χ3n) is 5.42. The lowest BCUT2D eigenvalue weighted by molar-refractivity contribution is 0.0709. The average molecular weight is 467 g/mol. The van der Waals surface area contributed by atoms with Crippen molar-refractivity contribution in [3.05, 3.63) is 23.8 Å². The van der Waals surface area contributed by atoms with Crippen LogP contribution in [0.1, 0.15) is 42.5 Å². The highest BCUT2D eigenvalue weighted by Gasteiger charge is 2.28. The van der Waals surface area contributed by atoms with Crippen molar-refractivity contribution in [2.75, 3.05) is 45.2 Å². The van der Waals surface area contributed by atoms with Crippen LogP contribution >= 0.6 is 24.8 Å². The highest BCUT2D eigenvalue weighted by atomic mass is 35.5. The molecular weight excluding hydrogens is 435 g/mol. The number of carbonyl (C=O) groups is 1. The first-order chi connectivity index (χ1) is 12.8. The number of halogens is 2. The average Bonchev–Trinajstić information content (AvgIpc) is 2.67. The Hall–Kier alpha value is -1.06. The summed E-state index contributed by atoms with van der Waals surface area (Å²) >= 11 is 0. The number of nitrogens with zero attached hydrogens (tertiary/aromatic N) is 3. The predicted molar refractivity (Wildman–Crippen MR) is 121 cm³/mol. The molecule has 2 heterocycles. The number of likely N-dealkylation sites (tertiary alicyclic amines) is 1. The Kier molecular flexibility index (Phi) is 9.69. The number of benzene rings is 1. The molecular formula is C19H32Cl2N4O3S. The minimum Gasteiger partial charge on any atom is -0.371 e. The van der Waals surface area contributed by atoms with E-state index in [0.29, 0.717) is 18.7 Å². The van der Waals surface area contributed by atoms with Gasteiger partial charge in [-0.15, -0.1) is 24.8 Å². The summed E-state index contributed by atoms with van der Waals surface area (Å²) in [4.78, 5) is 17.4. The monoisotopic (exact) mass is 466 g/mol. The number of piperidine rings is 2. The van der Waals surface area contributed by atoms with Gasteiger partial charge in [-0.05, 0) is 50.3 Å². The quantitative estimate of drug-likeness (QED) is 0.735. The lowest BCUT2D eigenvalue weighted by atomic mass is 10.0. The first-order valence-corrected chi connectivity index (χ1v) is 11.1. The molecule has 7 nitrogen and oxygen atoms in total. The summed E-state index contributed by atoms with van der Waals surface area (Å²) in [6, 6.07) is 4.92. The van der Waals surface area contributed by atoms with E-state index in [0.717, 1.165) is 44.5 Å². The van der Waals surface area contributed by atoms with E-state index in [1.807, 2.05) is 0 Å². The maximum absolute atomic E-state index is 13.3. The summed E-state index contributed by atoms with van der Waals surface area (Å²) in [5.74, 6) is -0.124. The van der Waals surface area contributed by atoms with Crippen LogP contribution in [0.4, 0.5) is 5.69 Å². The minimum absolute atomic E-state index is 0. The summed E-state index contributed by atoms with van der Waals surface area (Å²) in [6.45, 7) is 2.96. The molecule has 1 aromatic rings. The summed E-state index contributed by atoms with van der Waals surface area (Å²) in [5.41, 5.74) is 7.35. The molecule has 3 rings (SSSR count). The number of anilines is 1. The SMILES string of the molecule is CN(C)S(=O)(=O)c1ccc(N2CCCCC2)c(C(=O)N2CCCC(N)C2)c1.Cl.Cl. The molecule has 29 heavy (non-hydrogen) atoms. The summed E-state index contributed by atoms with van der Waals surface area (Å²) in [6.07, 6.45) is 5.15. The summed E-state index contributed by atoms with van der Waals surface area (Å²) in [7, 11) is -0.604. The van der Waals surface area contributed by atoms with Gasteiger partial charge >= 0.3 is 0 Å². The van der Waals surface area contributed by atoms with Crippen molar-refractivity contribution in [3.63, 3.8) is 0 Å². The van der Waals surface area contributed by atoms with Crippen molar-refractivity contribution >= 4 is 46.4 Å². The van der Waals surface area contributed by atoms with E-state index >= 15 is 0 Å². The van der Waals surface area contributed by atoms with E-state index in [-0.39, 0.29) is 41.7 Å². The lowest BCUT2D eigenvalue weighted by Crippen LogP contribution is -2.46. The molecule has 1 amide bonds. The molecule has 2 fully saturated rings. The molecule has 10 heteroatoms. The topological polar surface area (TPSA) is 87.0 Å². The molecule has 1 aromatic carbocycles. The predicted octanol–water partition coefficient (Wildman–Crippen LogP) is 2.33. The van der Waals surface area contributed by atoms with Gasteiger partial charge in [-0.25, -0.2) is 12.7 Å². The first-order valence-electron chi connectivity index (χ1n) is 9.67. The number of carbonyl (C=O) groups excluding carboxylic acids is 1. The van der Waals surface area contributed by atoms with Gasteiger partial charge in [0, 0.05) is 52.0 Å². The molecule has 0 radical (unpaired) electrons. The molecule has 2 N–H and O–H groups in total. The van der Waals surface area contributed by atoms with Crippen LogP contribution in [0.25, 0.3) is 0 Å². The molecule has 0 saturated carbocycles. The molecule has 2 aliphatic heterocycles. The summed E-state index contributed by atoms with van der Waals surface area (Å²) < 4.78 is 26.4. The van der Waals surface area contributed by atoms with Crippen molar-refractivity contribution in [2.24, 2.45) is 5.73 Å². The van der Waals surface area contributed by atoms with Crippen molar-refractivity contribution in [2.45, 2.75) is 43.0 Å². The van der Waals surface area contributed by atoms with Crippen molar-refractivity contribution < 1.29 is 13.2 Å². The zero-order chi connectivity index (χ0) is 19.6. The van der Waals surface area contributed by atoms with Crippen LogP contribution in [0.15, 0.2) is 23.1 Å². The van der Waals surface area contributed by atoms with Crippen molar-refractivity contribution in [1.82, 2.24) is 9.21 Å². The fraction of sp³-hybridized carbons (Fsp3) is 0.632. The van der Waals surface area contributed by atoms with Crippen molar-refractivity contribution in [1.29, 1.82) is 0 Å². The van der Waals surface area contributed by atoms with Crippen molar-refractivity contribution in [3.8, 4) is 0 Å². The lowest BCUT2D eigenvalue weighted by Gasteiger charge is -2.34. The van der Waals surface area contributed by atoms with E-state index in [2.05, 4.69) is 4.90 Å². The smallest absolute Gasteiger partial charge is 0.256 e. The Morgan fingerprint density at radius 2 is 1.72 bits per heavy atom. The third-order valence-corrected chi connectivity index (χ3v) is 7.23. The van der Waals surface area contributed by atoms with Gasteiger partial charge in [0.1, 0.15) is 0 Å². The highest BCUT2D eigenvalue weighted by Crippen LogP contribution is 2.29. The van der Waals surface area contributed by atoms with Crippen LogP contribution in [0.3, 0.4) is 0 Å². The number of hydrogen-bond donors (Lipinski definition) is 1. The molecule has 0 spiro atoms. The van der Waals surface area contributed by atoms with Gasteiger partial charge in [-0.1, -0.05) is 0 Å². The molecule has 0 bridgehead atoms. The van der Waals surface area contributed by atoms with E-state index in [1.165, 1.54) is 24.8 Å². The number of sulfonamides is 1. The molecule has 2 saturated heterocycles. The molecule has 0 aliphatic carbocycles. The zero-order valence-electron chi connectivity index (χ0n) is 17.0. The number of hydrogen-bond acceptors (Lipinski definition) is 5. The van der Waals surface area contributed by atoms with Gasteiger partial charge in [0.25, 0.3) is 5.91 Å². The number of rotatable bonds is 4. The van der Waals surface area contributed by atoms with Gasteiger partial charge in [0.2, 0.25) is 10.0 Å². The van der Waals surface area contributed by atoms with Gasteiger partial charge < -0.3 is 15.5 Å².